The molecule has 2 heteroatoms. The molecular weight excluding hydrogens is 212 g/mol. The maximum atomic E-state index is 10.1. The fourth-order valence-electron chi connectivity index (χ4n) is 1.70. The van der Waals surface area contributed by atoms with Crippen LogP contribution in [-0.2, 0) is 4.79 Å². The van der Waals surface area contributed by atoms with Gasteiger partial charge in [0, 0.05) is 6.42 Å². The fourth-order valence-corrected chi connectivity index (χ4v) is 3.58. The normalized spacial score (nSPS) is 12.8. The van der Waals surface area contributed by atoms with Crippen LogP contribution in [0.3, 0.4) is 0 Å². The average molecular weight is 242 g/mol. The molecule has 0 aliphatic carbocycles. The minimum atomic E-state index is -1.04. The van der Waals surface area contributed by atoms with E-state index in [-0.39, 0.29) is 0 Å². The van der Waals surface area contributed by atoms with Crippen molar-refractivity contribution in [3.05, 3.63) is 0 Å². The molecule has 0 rings (SSSR count). The molecule has 0 bridgehead atoms. The van der Waals surface area contributed by atoms with Crippen LogP contribution in [0.2, 0.25) is 24.2 Å². The molecule has 0 spiro atoms. The average Bonchev–Trinajstić information content (AvgIpc) is 2.14. The molecule has 96 valence electrons. The van der Waals surface area contributed by atoms with E-state index in [1.165, 1.54) is 31.7 Å². The molecule has 1 nitrogen and oxygen atoms in total. The van der Waals surface area contributed by atoms with Crippen molar-refractivity contribution in [2.45, 2.75) is 83.5 Å². The zero-order valence-corrected chi connectivity index (χ0v) is 12.9. The highest BCUT2D eigenvalue weighted by Gasteiger charge is 2.33. The molecule has 0 fully saturated rings. The molecule has 0 aliphatic rings. The van der Waals surface area contributed by atoms with Gasteiger partial charge in [-0.1, -0.05) is 65.6 Å². The third-order valence-electron chi connectivity index (χ3n) is 4.15. The Balaban J connectivity index is 3.55. The van der Waals surface area contributed by atoms with Crippen molar-refractivity contribution in [3.8, 4) is 0 Å². The molecule has 0 saturated carbocycles. The molecule has 0 unspecified atom stereocenters. The number of carbonyl (C=O) groups is 1. The number of aldehydes is 1. The summed E-state index contributed by atoms with van der Waals surface area (Å²) in [6.45, 7) is 12.2. The van der Waals surface area contributed by atoms with Crippen molar-refractivity contribution in [3.63, 3.8) is 0 Å². The summed E-state index contributed by atoms with van der Waals surface area (Å²) in [7, 11) is -1.04. The summed E-state index contributed by atoms with van der Waals surface area (Å²) in [4.78, 5) is 10.1. The molecular formula is C14H30OSi. The molecule has 16 heavy (non-hydrogen) atoms. The van der Waals surface area contributed by atoms with Crippen LogP contribution in [0, 0.1) is 0 Å². The summed E-state index contributed by atoms with van der Waals surface area (Å²) in [6, 6.07) is 1.45. The number of rotatable bonds is 8. The van der Waals surface area contributed by atoms with Crippen molar-refractivity contribution < 1.29 is 4.79 Å². The van der Waals surface area contributed by atoms with E-state index in [1.54, 1.807) is 0 Å². The van der Waals surface area contributed by atoms with Gasteiger partial charge in [-0.25, -0.2) is 0 Å². The van der Waals surface area contributed by atoms with Crippen molar-refractivity contribution in [1.82, 2.24) is 0 Å². The van der Waals surface area contributed by atoms with Gasteiger partial charge in [0.15, 0.2) is 0 Å². The van der Waals surface area contributed by atoms with E-state index in [1.807, 2.05) is 0 Å². The maximum absolute atomic E-state index is 10.1. The van der Waals surface area contributed by atoms with Crippen molar-refractivity contribution in [2.24, 2.45) is 0 Å². The van der Waals surface area contributed by atoms with Crippen molar-refractivity contribution >= 4 is 14.4 Å². The summed E-state index contributed by atoms with van der Waals surface area (Å²) in [5.74, 6) is 0. The molecule has 0 heterocycles. The SMILES string of the molecule is CC(C)(C)[Si](C)(C)CCCCCCCC=O. The molecule has 0 amide bonds. The lowest BCUT2D eigenvalue weighted by atomic mass is 10.1. The topological polar surface area (TPSA) is 17.1 Å². The first-order valence-electron chi connectivity index (χ1n) is 6.75. The Kier molecular flexibility index (Phi) is 7.21. The third kappa shape index (κ3) is 6.47. The number of hydrogen-bond acceptors (Lipinski definition) is 1. The van der Waals surface area contributed by atoms with Crippen LogP contribution in [0.15, 0.2) is 0 Å². The second-order valence-corrected chi connectivity index (χ2v) is 12.4. The van der Waals surface area contributed by atoms with Gasteiger partial charge in [0.1, 0.15) is 6.29 Å². The highest BCUT2D eigenvalue weighted by molar-refractivity contribution is 6.80. The smallest absolute Gasteiger partial charge is 0.119 e. The second kappa shape index (κ2) is 7.26. The van der Waals surface area contributed by atoms with Crippen molar-refractivity contribution in [2.75, 3.05) is 0 Å². The van der Waals surface area contributed by atoms with E-state index in [0.29, 0.717) is 5.04 Å². The van der Waals surface area contributed by atoms with Crippen LogP contribution in [0.5, 0.6) is 0 Å². The lowest BCUT2D eigenvalue weighted by Gasteiger charge is -2.37. The van der Waals surface area contributed by atoms with E-state index in [2.05, 4.69) is 33.9 Å². The lowest BCUT2D eigenvalue weighted by molar-refractivity contribution is -0.107. The quantitative estimate of drug-likeness (QED) is 0.331. The lowest BCUT2D eigenvalue weighted by Crippen LogP contribution is -2.36. The summed E-state index contributed by atoms with van der Waals surface area (Å²) >= 11 is 0. The predicted molar refractivity (Wildman–Crippen MR) is 75.8 cm³/mol. The first-order chi connectivity index (χ1) is 7.31. The highest BCUT2D eigenvalue weighted by Crippen LogP contribution is 2.39. The predicted octanol–water partition coefficient (Wildman–Crippen LogP) is 5.03. The summed E-state index contributed by atoms with van der Waals surface area (Å²) in [5, 5.41) is 0.532. The van der Waals surface area contributed by atoms with Gasteiger partial charge in [-0.05, 0) is 11.5 Å². The zero-order valence-electron chi connectivity index (χ0n) is 11.9. The van der Waals surface area contributed by atoms with E-state index in [4.69, 9.17) is 0 Å². The summed E-state index contributed by atoms with van der Waals surface area (Å²) in [6.07, 6.45) is 8.16. The Hall–Kier alpha value is -0.113. The Morgan fingerprint density at radius 2 is 1.44 bits per heavy atom. The summed E-state index contributed by atoms with van der Waals surface area (Å²) < 4.78 is 0. The van der Waals surface area contributed by atoms with Gasteiger partial charge < -0.3 is 4.79 Å². The Morgan fingerprint density at radius 3 is 1.94 bits per heavy atom. The fraction of sp³-hybridized carbons (Fsp3) is 0.929. The first-order valence-corrected chi connectivity index (χ1v) is 9.95. The van der Waals surface area contributed by atoms with Gasteiger partial charge in [0.05, 0.1) is 8.07 Å². The van der Waals surface area contributed by atoms with E-state index in [0.717, 1.165) is 19.1 Å². The van der Waals surface area contributed by atoms with E-state index in [9.17, 15) is 4.79 Å². The molecule has 0 saturated heterocycles. The van der Waals surface area contributed by atoms with Crippen LogP contribution >= 0.6 is 0 Å². The molecule has 0 radical (unpaired) electrons. The standard InChI is InChI=1S/C14H30OSi/c1-14(2,3)16(4,5)13-11-9-7-6-8-10-12-15/h12H,6-11,13H2,1-5H3. The number of hydrogen-bond donors (Lipinski definition) is 0. The van der Waals surface area contributed by atoms with E-state index < -0.39 is 8.07 Å². The van der Waals surface area contributed by atoms with Crippen LogP contribution in [0.4, 0.5) is 0 Å². The molecule has 0 atom stereocenters. The van der Waals surface area contributed by atoms with Crippen LogP contribution in [-0.4, -0.2) is 14.4 Å². The minimum Gasteiger partial charge on any atom is -0.303 e. The monoisotopic (exact) mass is 242 g/mol. The minimum absolute atomic E-state index is 0.532. The summed E-state index contributed by atoms with van der Waals surface area (Å²) in [5.41, 5.74) is 0. The largest absolute Gasteiger partial charge is 0.303 e. The molecule has 0 N–H and O–H groups in total. The number of carbonyl (C=O) groups excluding carboxylic acids is 1. The Labute approximate surface area is 103 Å². The number of unbranched alkanes of at least 4 members (excludes halogenated alkanes) is 5. The molecule has 0 aromatic rings. The van der Waals surface area contributed by atoms with Gasteiger partial charge in [0.2, 0.25) is 0 Å². The zero-order chi connectivity index (χ0) is 12.7. The van der Waals surface area contributed by atoms with Crippen molar-refractivity contribution in [1.29, 1.82) is 0 Å². The van der Waals surface area contributed by atoms with Gasteiger partial charge in [0.25, 0.3) is 0 Å². The van der Waals surface area contributed by atoms with Gasteiger partial charge in [-0.2, -0.15) is 0 Å². The highest BCUT2D eigenvalue weighted by atomic mass is 28.3. The van der Waals surface area contributed by atoms with Crippen LogP contribution in [0.1, 0.15) is 59.3 Å². The van der Waals surface area contributed by atoms with Crippen LogP contribution in [0.25, 0.3) is 0 Å². The Bertz CT molecular complexity index is 191. The van der Waals surface area contributed by atoms with Gasteiger partial charge >= 0.3 is 0 Å². The van der Waals surface area contributed by atoms with E-state index >= 15 is 0 Å². The van der Waals surface area contributed by atoms with Gasteiger partial charge in [-0.15, -0.1) is 0 Å². The molecule has 0 aliphatic heterocycles. The Morgan fingerprint density at radius 1 is 0.938 bits per heavy atom. The van der Waals surface area contributed by atoms with Crippen LogP contribution < -0.4 is 0 Å². The van der Waals surface area contributed by atoms with Gasteiger partial charge in [-0.3, -0.25) is 0 Å². The molecule has 0 aromatic heterocycles. The second-order valence-electron chi connectivity index (χ2n) is 6.61. The molecule has 0 aromatic carbocycles. The third-order valence-corrected chi connectivity index (χ3v) is 9.82. The first kappa shape index (κ1) is 15.9. The maximum Gasteiger partial charge on any atom is 0.119 e.